The molecule has 6 nitrogen and oxygen atoms in total. The molecule has 73 heavy (non-hydrogen) atoms. The van der Waals surface area contributed by atoms with Gasteiger partial charge >= 0.3 is 17.9 Å². The largest absolute Gasteiger partial charge is 0.462 e. The Hall–Kier alpha value is -2.89. The summed E-state index contributed by atoms with van der Waals surface area (Å²) >= 11 is 0. The number of ether oxygens (including phenoxy) is 3. The van der Waals surface area contributed by atoms with Gasteiger partial charge in [-0.25, -0.2) is 0 Å². The summed E-state index contributed by atoms with van der Waals surface area (Å²) in [5.41, 5.74) is 0. The van der Waals surface area contributed by atoms with Gasteiger partial charge in [-0.05, 0) is 83.5 Å². The van der Waals surface area contributed by atoms with Gasteiger partial charge in [-0.1, -0.05) is 287 Å². The zero-order chi connectivity index (χ0) is 52.9. The van der Waals surface area contributed by atoms with E-state index in [-0.39, 0.29) is 31.1 Å². The maximum absolute atomic E-state index is 12.9. The molecular weight excluding hydrogens is 901 g/mol. The Morgan fingerprint density at radius 3 is 0.849 bits per heavy atom. The number of carbonyl (C=O) groups excluding carboxylic acids is 3. The molecule has 0 aliphatic heterocycles. The molecule has 6 heteroatoms. The predicted molar refractivity (Wildman–Crippen MR) is 316 cm³/mol. The van der Waals surface area contributed by atoms with E-state index in [1.54, 1.807) is 0 Å². The highest BCUT2D eigenvalue weighted by Crippen LogP contribution is 2.17. The van der Waals surface area contributed by atoms with Gasteiger partial charge in [0.15, 0.2) is 6.10 Å². The van der Waals surface area contributed by atoms with Crippen LogP contribution in [0.4, 0.5) is 0 Å². The summed E-state index contributed by atoms with van der Waals surface area (Å²) in [5.74, 6) is -0.887. The maximum atomic E-state index is 12.9. The van der Waals surface area contributed by atoms with Gasteiger partial charge in [0.1, 0.15) is 13.2 Å². The number of hydrogen-bond acceptors (Lipinski definition) is 6. The minimum atomic E-state index is -0.784. The van der Waals surface area contributed by atoms with Crippen LogP contribution >= 0.6 is 0 Å². The molecule has 0 rings (SSSR count). The lowest BCUT2D eigenvalue weighted by Crippen LogP contribution is -2.30. The van der Waals surface area contributed by atoms with Crippen molar-refractivity contribution in [3.63, 3.8) is 0 Å². The molecule has 0 aliphatic rings. The van der Waals surface area contributed by atoms with Crippen molar-refractivity contribution in [2.45, 2.75) is 335 Å². The molecule has 0 aliphatic carbocycles. The van der Waals surface area contributed by atoms with Crippen molar-refractivity contribution in [3.8, 4) is 0 Å². The molecule has 0 aromatic carbocycles. The van der Waals surface area contributed by atoms with Gasteiger partial charge in [0, 0.05) is 19.3 Å². The molecule has 0 N–H and O–H groups in total. The van der Waals surface area contributed by atoms with Crippen molar-refractivity contribution in [1.29, 1.82) is 0 Å². The molecule has 0 aromatic rings. The fourth-order valence-corrected chi connectivity index (χ4v) is 9.25. The molecule has 0 spiro atoms. The van der Waals surface area contributed by atoms with E-state index in [0.717, 1.165) is 96.3 Å². The first-order valence-electron chi connectivity index (χ1n) is 31.8. The van der Waals surface area contributed by atoms with Gasteiger partial charge in [-0.2, -0.15) is 0 Å². The standard InChI is InChI=1S/C67H120O6/c1-4-7-10-13-16-19-22-25-28-31-33-36-39-42-45-48-51-54-57-60-66(69)72-63-64(62-71-65(68)59-56-53-50-47-44-41-38-35-30-27-24-21-18-15-12-9-6-3)73-67(70)61-58-55-52-49-46-43-40-37-34-32-29-26-23-20-17-14-11-8-5-2/h9,12,18,21,25,27-28,30,38,41,64H,4-8,10-11,13-17,19-20,22-24,26,29,31-37,39-40,42-63H2,1-3H3/b12-9-,21-18-,28-25-,30-27-,41-38-/t64-/m1/s1. The highest BCUT2D eigenvalue weighted by Gasteiger charge is 2.19. The zero-order valence-corrected chi connectivity index (χ0v) is 48.7. The van der Waals surface area contributed by atoms with E-state index in [1.807, 2.05) is 0 Å². The van der Waals surface area contributed by atoms with Gasteiger partial charge < -0.3 is 14.2 Å². The quantitative estimate of drug-likeness (QED) is 0.0261. The van der Waals surface area contributed by atoms with Gasteiger partial charge in [-0.15, -0.1) is 0 Å². The highest BCUT2D eigenvalue weighted by molar-refractivity contribution is 5.71. The summed E-state index contributed by atoms with van der Waals surface area (Å²) in [6, 6.07) is 0. The fourth-order valence-electron chi connectivity index (χ4n) is 9.25. The first kappa shape index (κ1) is 70.1. The topological polar surface area (TPSA) is 78.9 Å². The predicted octanol–water partition coefficient (Wildman–Crippen LogP) is 21.6. The first-order valence-corrected chi connectivity index (χ1v) is 31.8. The van der Waals surface area contributed by atoms with E-state index in [1.165, 1.54) is 193 Å². The molecule has 0 unspecified atom stereocenters. The Morgan fingerprint density at radius 2 is 0.534 bits per heavy atom. The minimum Gasteiger partial charge on any atom is -0.462 e. The first-order chi connectivity index (χ1) is 36.0. The van der Waals surface area contributed by atoms with Gasteiger partial charge in [0.25, 0.3) is 0 Å². The van der Waals surface area contributed by atoms with Crippen LogP contribution in [0.1, 0.15) is 329 Å². The van der Waals surface area contributed by atoms with Crippen molar-refractivity contribution in [2.24, 2.45) is 0 Å². The van der Waals surface area contributed by atoms with E-state index in [2.05, 4.69) is 81.5 Å². The molecule has 0 bridgehead atoms. The van der Waals surface area contributed by atoms with E-state index in [4.69, 9.17) is 14.2 Å². The van der Waals surface area contributed by atoms with Crippen molar-refractivity contribution >= 4 is 17.9 Å². The van der Waals surface area contributed by atoms with Crippen LogP contribution in [0.2, 0.25) is 0 Å². The third-order valence-electron chi connectivity index (χ3n) is 14.0. The van der Waals surface area contributed by atoms with E-state index in [0.29, 0.717) is 19.3 Å². The number of unbranched alkanes of at least 4 members (excludes halogenated alkanes) is 37. The normalized spacial score (nSPS) is 12.4. The molecule has 1 atom stereocenters. The van der Waals surface area contributed by atoms with Gasteiger partial charge in [0.05, 0.1) is 0 Å². The minimum absolute atomic E-state index is 0.0801. The molecule has 0 amide bonds. The second-order valence-corrected chi connectivity index (χ2v) is 21.3. The Bertz CT molecular complexity index is 1310. The molecule has 424 valence electrons. The van der Waals surface area contributed by atoms with Gasteiger partial charge in [0.2, 0.25) is 0 Å². The smallest absolute Gasteiger partial charge is 0.306 e. The van der Waals surface area contributed by atoms with Crippen LogP contribution in [0, 0.1) is 0 Å². The molecule has 0 saturated carbocycles. The van der Waals surface area contributed by atoms with Crippen molar-refractivity contribution in [1.82, 2.24) is 0 Å². The Kier molecular flexibility index (Phi) is 59.2. The van der Waals surface area contributed by atoms with Crippen LogP contribution < -0.4 is 0 Å². The molecule has 0 radical (unpaired) electrons. The van der Waals surface area contributed by atoms with E-state index in [9.17, 15) is 14.4 Å². The Balaban J connectivity index is 4.38. The number of allylic oxidation sites excluding steroid dienone is 10. The highest BCUT2D eigenvalue weighted by atomic mass is 16.6. The van der Waals surface area contributed by atoms with Crippen LogP contribution in [0.25, 0.3) is 0 Å². The van der Waals surface area contributed by atoms with E-state index >= 15 is 0 Å². The lowest BCUT2D eigenvalue weighted by molar-refractivity contribution is -0.167. The van der Waals surface area contributed by atoms with Crippen LogP contribution in [0.5, 0.6) is 0 Å². The van der Waals surface area contributed by atoms with Gasteiger partial charge in [-0.3, -0.25) is 14.4 Å². The zero-order valence-electron chi connectivity index (χ0n) is 48.7. The summed E-state index contributed by atoms with van der Waals surface area (Å²) in [7, 11) is 0. The number of hydrogen-bond donors (Lipinski definition) is 0. The number of rotatable bonds is 58. The summed E-state index contributed by atoms with van der Waals surface area (Å²) in [4.78, 5) is 38.3. The Morgan fingerprint density at radius 1 is 0.288 bits per heavy atom. The average molecular weight is 1020 g/mol. The average Bonchev–Trinajstić information content (AvgIpc) is 3.39. The van der Waals surface area contributed by atoms with Crippen molar-refractivity contribution in [3.05, 3.63) is 60.8 Å². The SMILES string of the molecule is CC/C=C\C/C=C\C/C=C\C/C=C\CCCCCCC(=O)OC[C@H](COC(=O)CCCCCCCCCCC/C=C\CCCCCCCC)OC(=O)CCCCCCCCCCCCCCCCCCCCC. The molecule has 0 fully saturated rings. The second-order valence-electron chi connectivity index (χ2n) is 21.3. The molecular formula is C67H120O6. The molecule has 0 aromatic heterocycles. The second kappa shape index (κ2) is 61.7. The van der Waals surface area contributed by atoms with Crippen LogP contribution in [-0.2, 0) is 28.6 Å². The number of esters is 3. The number of carbonyl (C=O) groups is 3. The van der Waals surface area contributed by atoms with Crippen LogP contribution in [-0.4, -0.2) is 37.2 Å². The summed E-state index contributed by atoms with van der Waals surface area (Å²) in [6.07, 6.45) is 77.9. The van der Waals surface area contributed by atoms with Crippen molar-refractivity contribution < 1.29 is 28.6 Å². The van der Waals surface area contributed by atoms with Crippen molar-refractivity contribution in [2.75, 3.05) is 13.2 Å². The molecule has 0 saturated heterocycles. The summed E-state index contributed by atoms with van der Waals surface area (Å²) in [6.45, 7) is 6.55. The maximum Gasteiger partial charge on any atom is 0.306 e. The van der Waals surface area contributed by atoms with Crippen LogP contribution in [0.3, 0.4) is 0 Å². The lowest BCUT2D eigenvalue weighted by atomic mass is 10.0. The van der Waals surface area contributed by atoms with E-state index < -0.39 is 6.10 Å². The summed E-state index contributed by atoms with van der Waals surface area (Å²) in [5, 5.41) is 0. The third kappa shape index (κ3) is 59.9. The Labute approximate surface area is 453 Å². The monoisotopic (exact) mass is 1020 g/mol. The lowest BCUT2D eigenvalue weighted by Gasteiger charge is -2.18. The fraction of sp³-hybridized carbons (Fsp3) is 0.806. The third-order valence-corrected chi connectivity index (χ3v) is 14.0. The van der Waals surface area contributed by atoms with Crippen LogP contribution in [0.15, 0.2) is 60.8 Å². The molecule has 0 heterocycles. The summed E-state index contributed by atoms with van der Waals surface area (Å²) < 4.78 is 16.9.